The van der Waals surface area contributed by atoms with Gasteiger partial charge in [-0.2, -0.15) is 0 Å². The van der Waals surface area contributed by atoms with Gasteiger partial charge in [0, 0.05) is 0 Å². The first kappa shape index (κ1) is 23.8. The molecule has 3 fully saturated rings. The van der Waals surface area contributed by atoms with Crippen LogP contribution in [0.5, 0.6) is 0 Å². The second kappa shape index (κ2) is 8.79. The molecule has 4 aliphatic carbocycles. The van der Waals surface area contributed by atoms with Crippen molar-refractivity contribution in [3.05, 3.63) is 11.6 Å². The van der Waals surface area contributed by atoms with Crippen molar-refractivity contribution in [2.45, 2.75) is 118 Å². The highest BCUT2D eigenvalue weighted by molar-refractivity contribution is 5.25. The summed E-state index contributed by atoms with van der Waals surface area (Å²) in [4.78, 5) is 0. The van der Waals surface area contributed by atoms with Crippen LogP contribution in [0.15, 0.2) is 11.6 Å². The molecule has 0 bridgehead atoms. The molecule has 2 nitrogen and oxygen atoms in total. The number of fused-ring (bicyclic) bond motifs is 5. The smallest absolute Gasteiger partial charge is 0.0577 e. The van der Waals surface area contributed by atoms with E-state index in [1.54, 1.807) is 5.57 Å². The summed E-state index contributed by atoms with van der Waals surface area (Å²) in [7, 11) is 0. The van der Waals surface area contributed by atoms with Crippen LogP contribution in [0.1, 0.15) is 106 Å². The van der Waals surface area contributed by atoms with Gasteiger partial charge in [-0.15, -0.1) is 0 Å². The molecule has 0 aromatic rings. The zero-order valence-corrected chi connectivity index (χ0v) is 21.2. The van der Waals surface area contributed by atoms with Gasteiger partial charge in [0.25, 0.3) is 0 Å². The molecule has 0 spiro atoms. The van der Waals surface area contributed by atoms with Crippen LogP contribution < -0.4 is 0 Å². The fourth-order valence-electron chi connectivity index (χ4n) is 9.52. The summed E-state index contributed by atoms with van der Waals surface area (Å²) < 4.78 is 0. The van der Waals surface area contributed by atoms with Crippen molar-refractivity contribution in [3.8, 4) is 0 Å². The molecule has 3 saturated carbocycles. The second-order valence-corrected chi connectivity index (χ2v) is 13.0. The molecule has 2 N–H and O–H groups in total. The Kier molecular flexibility index (Phi) is 6.75. The van der Waals surface area contributed by atoms with Crippen molar-refractivity contribution in [2.24, 2.45) is 52.3 Å². The topological polar surface area (TPSA) is 40.5 Å². The van der Waals surface area contributed by atoms with Crippen molar-refractivity contribution >= 4 is 0 Å². The molecule has 0 heterocycles. The Morgan fingerprint density at radius 2 is 1.77 bits per heavy atom. The van der Waals surface area contributed by atoms with Gasteiger partial charge >= 0.3 is 0 Å². The Morgan fingerprint density at radius 1 is 1.03 bits per heavy atom. The van der Waals surface area contributed by atoms with E-state index in [1.165, 1.54) is 38.5 Å². The minimum atomic E-state index is -0.147. The van der Waals surface area contributed by atoms with Crippen LogP contribution in [0.2, 0.25) is 0 Å². The SMILES string of the molecule is CCC(C(C)C)[C@H](O)C[C@@H](C)C1CCC2C3CC=C4CC(O)CCC4(C)C3CCC21C. The number of hydrogen-bond donors (Lipinski definition) is 2. The highest BCUT2D eigenvalue weighted by atomic mass is 16.3. The average Bonchev–Trinajstić information content (AvgIpc) is 3.06. The van der Waals surface area contributed by atoms with Crippen molar-refractivity contribution in [1.29, 1.82) is 0 Å². The molecule has 0 aliphatic heterocycles. The number of aliphatic hydroxyl groups excluding tert-OH is 2. The minimum Gasteiger partial charge on any atom is -0.393 e. The molecular weight excluding hydrogens is 380 g/mol. The van der Waals surface area contributed by atoms with E-state index < -0.39 is 0 Å². The largest absolute Gasteiger partial charge is 0.393 e. The van der Waals surface area contributed by atoms with Gasteiger partial charge in [0.1, 0.15) is 0 Å². The van der Waals surface area contributed by atoms with Crippen LogP contribution in [0.4, 0.5) is 0 Å². The fourth-order valence-corrected chi connectivity index (χ4v) is 9.52. The third kappa shape index (κ3) is 3.96. The third-order valence-electron chi connectivity index (χ3n) is 11.3. The van der Waals surface area contributed by atoms with E-state index >= 15 is 0 Å². The van der Waals surface area contributed by atoms with Crippen molar-refractivity contribution in [2.75, 3.05) is 0 Å². The molecule has 178 valence electrons. The average molecular weight is 431 g/mol. The molecular formula is C29H50O2. The van der Waals surface area contributed by atoms with E-state index in [-0.39, 0.29) is 12.2 Å². The summed E-state index contributed by atoms with van der Waals surface area (Å²) in [6, 6.07) is 0. The molecule has 4 aliphatic rings. The molecule has 4 rings (SSSR count). The van der Waals surface area contributed by atoms with E-state index in [0.29, 0.717) is 28.6 Å². The monoisotopic (exact) mass is 430 g/mol. The van der Waals surface area contributed by atoms with Gasteiger partial charge in [-0.3, -0.25) is 0 Å². The quantitative estimate of drug-likeness (QED) is 0.446. The highest BCUT2D eigenvalue weighted by Crippen LogP contribution is 2.67. The summed E-state index contributed by atoms with van der Waals surface area (Å²) in [6.45, 7) is 14.4. The molecule has 31 heavy (non-hydrogen) atoms. The first-order valence-corrected chi connectivity index (χ1v) is 13.7. The lowest BCUT2D eigenvalue weighted by Gasteiger charge is -2.58. The van der Waals surface area contributed by atoms with Gasteiger partial charge in [0.15, 0.2) is 0 Å². The molecule has 0 saturated heterocycles. The van der Waals surface area contributed by atoms with Gasteiger partial charge < -0.3 is 10.2 Å². The van der Waals surface area contributed by atoms with Crippen molar-refractivity contribution in [3.63, 3.8) is 0 Å². The lowest BCUT2D eigenvalue weighted by atomic mass is 9.47. The van der Waals surface area contributed by atoms with Gasteiger partial charge in [-0.25, -0.2) is 0 Å². The molecule has 8 unspecified atom stereocenters. The van der Waals surface area contributed by atoms with E-state index in [4.69, 9.17) is 0 Å². The summed E-state index contributed by atoms with van der Waals surface area (Å²) in [6.07, 6.45) is 14.2. The van der Waals surface area contributed by atoms with Gasteiger partial charge in [0.2, 0.25) is 0 Å². The molecule has 10 atom stereocenters. The van der Waals surface area contributed by atoms with E-state index in [1.807, 2.05) is 0 Å². The second-order valence-electron chi connectivity index (χ2n) is 13.0. The Morgan fingerprint density at radius 3 is 2.45 bits per heavy atom. The van der Waals surface area contributed by atoms with Crippen LogP contribution in [0.3, 0.4) is 0 Å². The summed E-state index contributed by atoms with van der Waals surface area (Å²) >= 11 is 0. The third-order valence-corrected chi connectivity index (χ3v) is 11.3. The first-order chi connectivity index (χ1) is 14.6. The molecule has 2 heteroatoms. The standard InChI is InChI=1S/C29H50O2/c1-7-22(18(2)3)27(31)16-19(4)24-10-11-25-23-9-8-20-17-21(30)12-14-28(20,5)26(23)13-15-29(24,25)6/h8,18-19,21-27,30-31H,7,9-17H2,1-6H3/t19-,21?,22?,23?,24?,25?,26?,27-,28?,29?/m1/s1. The van der Waals surface area contributed by atoms with Crippen LogP contribution in [-0.4, -0.2) is 22.4 Å². The normalized spacial score (nSPS) is 45.3. The lowest BCUT2D eigenvalue weighted by molar-refractivity contribution is -0.0613. The Hall–Kier alpha value is -0.340. The van der Waals surface area contributed by atoms with Crippen molar-refractivity contribution < 1.29 is 10.2 Å². The number of rotatable bonds is 6. The van der Waals surface area contributed by atoms with Gasteiger partial charge in [0.05, 0.1) is 12.2 Å². The Bertz CT molecular complexity index is 668. The lowest BCUT2D eigenvalue weighted by Crippen LogP contribution is -2.51. The maximum atomic E-state index is 11.0. The number of allylic oxidation sites excluding steroid dienone is 1. The maximum Gasteiger partial charge on any atom is 0.0577 e. The Balaban J connectivity index is 1.49. The zero-order chi connectivity index (χ0) is 22.6. The maximum absolute atomic E-state index is 11.0. The van der Waals surface area contributed by atoms with Crippen LogP contribution in [0.25, 0.3) is 0 Å². The predicted octanol–water partition coefficient (Wildman–Crippen LogP) is 7.00. The zero-order valence-electron chi connectivity index (χ0n) is 21.2. The summed E-state index contributed by atoms with van der Waals surface area (Å²) in [5.74, 6) is 4.89. The van der Waals surface area contributed by atoms with Gasteiger partial charge in [-0.1, -0.05) is 59.6 Å². The van der Waals surface area contributed by atoms with E-state index in [0.717, 1.165) is 49.4 Å². The molecule has 0 aromatic carbocycles. The van der Waals surface area contributed by atoms with Crippen LogP contribution in [-0.2, 0) is 0 Å². The summed E-state index contributed by atoms with van der Waals surface area (Å²) in [5.41, 5.74) is 2.38. The van der Waals surface area contributed by atoms with Gasteiger partial charge in [-0.05, 0) is 110 Å². The van der Waals surface area contributed by atoms with E-state index in [2.05, 4.69) is 47.6 Å². The predicted molar refractivity (Wildman–Crippen MR) is 130 cm³/mol. The van der Waals surface area contributed by atoms with Crippen LogP contribution >= 0.6 is 0 Å². The number of aliphatic hydroxyl groups is 2. The molecule has 0 radical (unpaired) electrons. The van der Waals surface area contributed by atoms with Crippen molar-refractivity contribution in [1.82, 2.24) is 0 Å². The molecule has 0 amide bonds. The molecule has 0 aromatic heterocycles. The first-order valence-electron chi connectivity index (χ1n) is 13.7. The van der Waals surface area contributed by atoms with Crippen LogP contribution in [0, 0.1) is 52.3 Å². The van der Waals surface area contributed by atoms with E-state index in [9.17, 15) is 10.2 Å². The Labute approximate surface area is 192 Å². The number of hydrogen-bond acceptors (Lipinski definition) is 2. The minimum absolute atomic E-state index is 0.106. The fraction of sp³-hybridized carbons (Fsp3) is 0.931. The summed E-state index contributed by atoms with van der Waals surface area (Å²) in [5, 5.41) is 21.3. The highest BCUT2D eigenvalue weighted by Gasteiger charge is 2.59.